The van der Waals surface area contributed by atoms with Gasteiger partial charge in [-0.25, -0.2) is 4.79 Å². The number of ether oxygens (including phenoxy) is 2. The van der Waals surface area contributed by atoms with E-state index in [1.54, 1.807) is 13.0 Å². The van der Waals surface area contributed by atoms with Gasteiger partial charge in [0.25, 0.3) is 0 Å². The number of benzene rings is 1. The fraction of sp³-hybridized carbons (Fsp3) is 0.412. The Morgan fingerprint density at radius 1 is 1.23 bits per heavy atom. The molecule has 118 valence electrons. The molecule has 2 aromatic rings. The number of hydrogen-bond acceptors (Lipinski definition) is 5. The molecule has 0 aliphatic heterocycles. The lowest BCUT2D eigenvalue weighted by Crippen LogP contribution is -2.14. The number of aromatic nitrogens is 1. The van der Waals surface area contributed by atoms with Gasteiger partial charge in [-0.2, -0.15) is 0 Å². The molecule has 0 N–H and O–H groups in total. The molecule has 0 radical (unpaired) electrons. The molecule has 0 atom stereocenters. The highest BCUT2D eigenvalue weighted by molar-refractivity contribution is 5.88. The molecule has 0 aliphatic carbocycles. The third-order valence-corrected chi connectivity index (χ3v) is 3.35. The zero-order chi connectivity index (χ0) is 15.9. The van der Waals surface area contributed by atoms with Gasteiger partial charge in [-0.15, -0.1) is 0 Å². The first-order valence-corrected chi connectivity index (χ1v) is 7.59. The SMILES string of the molecule is CCOC(=O)c1cc(-c2ccccc2OC(CC)CC)on1. The summed E-state index contributed by atoms with van der Waals surface area (Å²) in [5.41, 5.74) is 0.937. The van der Waals surface area contributed by atoms with E-state index in [0.29, 0.717) is 12.4 Å². The first-order chi connectivity index (χ1) is 10.7. The number of carbonyl (C=O) groups excluding carboxylic acids is 1. The maximum absolute atomic E-state index is 11.7. The van der Waals surface area contributed by atoms with E-state index in [4.69, 9.17) is 14.0 Å². The predicted octanol–water partition coefficient (Wildman–Crippen LogP) is 4.09. The van der Waals surface area contributed by atoms with Crippen molar-refractivity contribution in [3.8, 4) is 17.1 Å². The van der Waals surface area contributed by atoms with E-state index in [9.17, 15) is 4.79 Å². The van der Waals surface area contributed by atoms with Crippen molar-refractivity contribution in [1.82, 2.24) is 5.16 Å². The summed E-state index contributed by atoms with van der Waals surface area (Å²) in [6.45, 7) is 6.22. The van der Waals surface area contributed by atoms with E-state index in [0.717, 1.165) is 24.2 Å². The highest BCUT2D eigenvalue weighted by atomic mass is 16.5. The summed E-state index contributed by atoms with van der Waals surface area (Å²) in [5.74, 6) is 0.725. The standard InChI is InChI=1S/C17H21NO4/c1-4-12(5-2)21-15-10-8-7-9-13(15)16-11-14(18-22-16)17(19)20-6-3/h7-12H,4-6H2,1-3H3. The smallest absolute Gasteiger partial charge is 0.360 e. The second kappa shape index (κ2) is 7.64. The average Bonchev–Trinajstić information content (AvgIpc) is 3.03. The van der Waals surface area contributed by atoms with Crippen LogP contribution < -0.4 is 4.74 Å². The summed E-state index contributed by atoms with van der Waals surface area (Å²) >= 11 is 0. The summed E-state index contributed by atoms with van der Waals surface area (Å²) in [6, 6.07) is 9.14. The van der Waals surface area contributed by atoms with Crippen molar-refractivity contribution in [3.63, 3.8) is 0 Å². The number of para-hydroxylation sites is 1. The van der Waals surface area contributed by atoms with Gasteiger partial charge >= 0.3 is 5.97 Å². The fourth-order valence-corrected chi connectivity index (χ4v) is 2.11. The quantitative estimate of drug-likeness (QED) is 0.721. The van der Waals surface area contributed by atoms with Gasteiger partial charge in [0.15, 0.2) is 11.5 Å². The molecule has 0 bridgehead atoms. The molecule has 0 spiro atoms. The highest BCUT2D eigenvalue weighted by Gasteiger charge is 2.18. The summed E-state index contributed by atoms with van der Waals surface area (Å²) in [7, 11) is 0. The molecule has 5 heteroatoms. The lowest BCUT2D eigenvalue weighted by molar-refractivity contribution is 0.0514. The summed E-state index contributed by atoms with van der Waals surface area (Å²) in [6.07, 6.45) is 2.00. The van der Waals surface area contributed by atoms with E-state index in [1.165, 1.54) is 0 Å². The van der Waals surface area contributed by atoms with Crippen molar-refractivity contribution in [2.24, 2.45) is 0 Å². The van der Waals surface area contributed by atoms with Gasteiger partial charge in [-0.05, 0) is 31.9 Å². The van der Waals surface area contributed by atoms with Crippen molar-refractivity contribution in [2.75, 3.05) is 6.61 Å². The van der Waals surface area contributed by atoms with E-state index < -0.39 is 5.97 Å². The summed E-state index contributed by atoms with van der Waals surface area (Å²) < 4.78 is 16.2. The van der Waals surface area contributed by atoms with Gasteiger partial charge < -0.3 is 14.0 Å². The maximum atomic E-state index is 11.7. The van der Waals surface area contributed by atoms with Crippen LogP contribution in [0.15, 0.2) is 34.9 Å². The normalized spacial score (nSPS) is 10.7. The van der Waals surface area contributed by atoms with Crippen LogP contribution in [0.2, 0.25) is 0 Å². The Morgan fingerprint density at radius 2 is 1.95 bits per heavy atom. The fourth-order valence-electron chi connectivity index (χ4n) is 2.11. The molecule has 0 unspecified atom stereocenters. The highest BCUT2D eigenvalue weighted by Crippen LogP contribution is 2.31. The molecule has 5 nitrogen and oxygen atoms in total. The molecule has 0 saturated carbocycles. The largest absolute Gasteiger partial charge is 0.490 e. The van der Waals surface area contributed by atoms with Crippen LogP contribution in [0.4, 0.5) is 0 Å². The van der Waals surface area contributed by atoms with Crippen LogP contribution in [0.3, 0.4) is 0 Å². The Hall–Kier alpha value is -2.30. The van der Waals surface area contributed by atoms with Crippen molar-refractivity contribution in [3.05, 3.63) is 36.0 Å². The van der Waals surface area contributed by atoms with Crippen molar-refractivity contribution in [2.45, 2.75) is 39.7 Å². The van der Waals surface area contributed by atoms with Crippen LogP contribution in [0, 0.1) is 0 Å². The molecule has 0 aliphatic rings. The predicted molar refractivity (Wildman–Crippen MR) is 82.9 cm³/mol. The van der Waals surface area contributed by atoms with E-state index >= 15 is 0 Å². The maximum Gasteiger partial charge on any atom is 0.360 e. The molecule has 1 heterocycles. The zero-order valence-electron chi connectivity index (χ0n) is 13.2. The molecular formula is C17H21NO4. The van der Waals surface area contributed by atoms with Crippen LogP contribution in [-0.4, -0.2) is 23.8 Å². The monoisotopic (exact) mass is 303 g/mol. The van der Waals surface area contributed by atoms with Gasteiger partial charge in [0.05, 0.1) is 18.3 Å². The Labute approximate surface area is 130 Å². The van der Waals surface area contributed by atoms with E-state index in [-0.39, 0.29) is 11.8 Å². The van der Waals surface area contributed by atoms with E-state index in [2.05, 4.69) is 19.0 Å². The number of rotatable bonds is 7. The molecule has 0 saturated heterocycles. The van der Waals surface area contributed by atoms with Crippen LogP contribution in [0.1, 0.15) is 44.1 Å². The van der Waals surface area contributed by atoms with Crippen molar-refractivity contribution < 1.29 is 18.8 Å². The minimum Gasteiger partial charge on any atom is -0.490 e. The van der Waals surface area contributed by atoms with Crippen LogP contribution >= 0.6 is 0 Å². The lowest BCUT2D eigenvalue weighted by Gasteiger charge is -2.17. The summed E-state index contributed by atoms with van der Waals surface area (Å²) in [4.78, 5) is 11.7. The van der Waals surface area contributed by atoms with Gasteiger partial charge in [-0.3, -0.25) is 0 Å². The van der Waals surface area contributed by atoms with E-state index in [1.807, 2.05) is 24.3 Å². The number of hydrogen-bond donors (Lipinski definition) is 0. The molecule has 22 heavy (non-hydrogen) atoms. The van der Waals surface area contributed by atoms with Crippen molar-refractivity contribution >= 4 is 5.97 Å². The first kappa shape index (κ1) is 16.1. The van der Waals surface area contributed by atoms with Crippen LogP contribution in [0.25, 0.3) is 11.3 Å². The van der Waals surface area contributed by atoms with Gasteiger partial charge in [0, 0.05) is 6.07 Å². The van der Waals surface area contributed by atoms with Crippen LogP contribution in [0.5, 0.6) is 5.75 Å². The van der Waals surface area contributed by atoms with Gasteiger partial charge in [0.1, 0.15) is 5.75 Å². The molecular weight excluding hydrogens is 282 g/mol. The Kier molecular flexibility index (Phi) is 5.58. The number of carbonyl (C=O) groups is 1. The Bertz CT molecular complexity index is 617. The molecule has 0 fully saturated rings. The number of nitrogens with zero attached hydrogens (tertiary/aromatic N) is 1. The van der Waals surface area contributed by atoms with Crippen LogP contribution in [-0.2, 0) is 4.74 Å². The molecule has 0 amide bonds. The molecule has 2 rings (SSSR count). The average molecular weight is 303 g/mol. The van der Waals surface area contributed by atoms with Gasteiger partial charge in [-0.1, -0.05) is 31.1 Å². The topological polar surface area (TPSA) is 61.6 Å². The molecule has 1 aromatic heterocycles. The van der Waals surface area contributed by atoms with Gasteiger partial charge in [0.2, 0.25) is 0 Å². The Balaban J connectivity index is 2.27. The Morgan fingerprint density at radius 3 is 2.64 bits per heavy atom. The second-order valence-corrected chi connectivity index (χ2v) is 4.85. The second-order valence-electron chi connectivity index (χ2n) is 4.85. The lowest BCUT2D eigenvalue weighted by atomic mass is 10.1. The van der Waals surface area contributed by atoms with Crippen molar-refractivity contribution in [1.29, 1.82) is 0 Å². The minimum absolute atomic E-state index is 0.147. The first-order valence-electron chi connectivity index (χ1n) is 7.59. The summed E-state index contributed by atoms with van der Waals surface area (Å²) in [5, 5.41) is 3.77. The minimum atomic E-state index is -0.490. The third-order valence-electron chi connectivity index (χ3n) is 3.35. The third kappa shape index (κ3) is 3.67. The zero-order valence-corrected chi connectivity index (χ0v) is 13.2. The molecule has 1 aromatic carbocycles. The number of esters is 1.